The second-order valence-electron chi connectivity index (χ2n) is 5.64. The van der Waals surface area contributed by atoms with Gasteiger partial charge in [-0.25, -0.2) is 0 Å². The molecule has 0 heteroatoms. The minimum Gasteiger partial charge on any atom is -0.0764 e. The second kappa shape index (κ2) is 5.66. The van der Waals surface area contributed by atoms with Crippen LogP contribution in [0.15, 0.2) is 66.3 Å². The summed E-state index contributed by atoms with van der Waals surface area (Å²) in [6, 6.07) is 8.97. The highest BCUT2D eigenvalue weighted by atomic mass is 14.2. The van der Waals surface area contributed by atoms with Crippen LogP contribution in [0.25, 0.3) is 5.57 Å². The van der Waals surface area contributed by atoms with Gasteiger partial charge in [-0.1, -0.05) is 80.1 Å². The van der Waals surface area contributed by atoms with E-state index in [2.05, 4.69) is 74.6 Å². The Morgan fingerprint density at radius 3 is 2.20 bits per heavy atom. The van der Waals surface area contributed by atoms with Crippen molar-refractivity contribution in [2.75, 3.05) is 0 Å². The van der Waals surface area contributed by atoms with Crippen molar-refractivity contribution >= 4 is 5.57 Å². The third-order valence-corrected chi connectivity index (χ3v) is 4.36. The van der Waals surface area contributed by atoms with Crippen molar-refractivity contribution in [2.24, 2.45) is 11.8 Å². The van der Waals surface area contributed by atoms with E-state index in [0.29, 0.717) is 11.8 Å². The van der Waals surface area contributed by atoms with E-state index in [1.807, 2.05) is 0 Å². The molecule has 0 amide bonds. The second-order valence-corrected chi connectivity index (χ2v) is 5.64. The summed E-state index contributed by atoms with van der Waals surface area (Å²) in [4.78, 5) is 0. The molecule has 3 rings (SSSR count). The van der Waals surface area contributed by atoms with Crippen LogP contribution in [0, 0.1) is 11.8 Å². The minimum absolute atomic E-state index is 0.524. The van der Waals surface area contributed by atoms with Gasteiger partial charge in [0.05, 0.1) is 0 Å². The molecule has 0 heterocycles. The largest absolute Gasteiger partial charge is 0.0764 e. The number of aryl methyl sites for hydroxylation is 1. The smallest absolute Gasteiger partial charge is 0.00569 e. The highest BCUT2D eigenvalue weighted by Crippen LogP contribution is 2.34. The number of hydrogen-bond acceptors (Lipinski definition) is 0. The molecule has 2 unspecified atom stereocenters. The molecule has 0 saturated carbocycles. The Hall–Kier alpha value is -1.82. The van der Waals surface area contributed by atoms with Crippen LogP contribution in [-0.2, 0) is 6.42 Å². The Morgan fingerprint density at radius 2 is 1.50 bits per heavy atom. The zero-order chi connectivity index (χ0) is 13.9. The van der Waals surface area contributed by atoms with Gasteiger partial charge in [0.15, 0.2) is 0 Å². The molecular formula is C20H22. The van der Waals surface area contributed by atoms with Crippen LogP contribution in [0.1, 0.15) is 31.4 Å². The van der Waals surface area contributed by atoms with Crippen LogP contribution in [0.5, 0.6) is 0 Å². The fourth-order valence-corrected chi connectivity index (χ4v) is 2.97. The molecule has 0 radical (unpaired) electrons. The molecule has 0 bridgehead atoms. The van der Waals surface area contributed by atoms with Gasteiger partial charge in [-0.15, -0.1) is 0 Å². The molecule has 0 spiro atoms. The Labute approximate surface area is 122 Å². The lowest BCUT2D eigenvalue weighted by molar-refractivity contribution is 0.654. The first-order chi connectivity index (χ1) is 9.80. The molecule has 0 aromatic heterocycles. The Balaban J connectivity index is 1.84. The molecule has 0 aliphatic heterocycles. The average Bonchev–Trinajstić information content (AvgIpc) is 2.54. The Kier molecular flexibility index (Phi) is 3.73. The van der Waals surface area contributed by atoms with Crippen LogP contribution in [0.4, 0.5) is 0 Å². The lowest BCUT2D eigenvalue weighted by Gasteiger charge is -2.25. The van der Waals surface area contributed by atoms with Crippen molar-refractivity contribution in [3.63, 3.8) is 0 Å². The van der Waals surface area contributed by atoms with Crippen molar-refractivity contribution in [3.05, 3.63) is 77.4 Å². The Bertz CT molecular complexity index is 593. The van der Waals surface area contributed by atoms with Crippen LogP contribution < -0.4 is 0 Å². The fourth-order valence-electron chi connectivity index (χ4n) is 2.97. The zero-order valence-electron chi connectivity index (χ0n) is 12.3. The van der Waals surface area contributed by atoms with Gasteiger partial charge in [0.25, 0.3) is 0 Å². The minimum atomic E-state index is 0.524. The summed E-state index contributed by atoms with van der Waals surface area (Å²) in [7, 11) is 0. The maximum Gasteiger partial charge on any atom is 0.00569 e. The van der Waals surface area contributed by atoms with Crippen molar-refractivity contribution in [1.82, 2.24) is 0 Å². The molecule has 0 saturated heterocycles. The van der Waals surface area contributed by atoms with Gasteiger partial charge in [-0.3, -0.25) is 0 Å². The average molecular weight is 262 g/mol. The van der Waals surface area contributed by atoms with E-state index in [1.165, 1.54) is 22.3 Å². The topological polar surface area (TPSA) is 0 Å². The van der Waals surface area contributed by atoms with Gasteiger partial charge < -0.3 is 0 Å². The molecule has 2 atom stereocenters. The van der Waals surface area contributed by atoms with E-state index >= 15 is 0 Å². The molecule has 2 aliphatic rings. The molecule has 0 N–H and O–H groups in total. The number of rotatable bonds is 3. The summed E-state index contributed by atoms with van der Waals surface area (Å²) in [6.07, 6.45) is 16.3. The molecule has 2 aliphatic carbocycles. The van der Waals surface area contributed by atoms with Crippen LogP contribution in [0.3, 0.4) is 0 Å². The van der Waals surface area contributed by atoms with E-state index in [-0.39, 0.29) is 0 Å². The summed E-state index contributed by atoms with van der Waals surface area (Å²) in [5, 5.41) is 0. The summed E-state index contributed by atoms with van der Waals surface area (Å²) >= 11 is 0. The van der Waals surface area contributed by atoms with Gasteiger partial charge >= 0.3 is 0 Å². The first kappa shape index (κ1) is 13.2. The first-order valence-electron chi connectivity index (χ1n) is 7.68. The summed E-state index contributed by atoms with van der Waals surface area (Å²) in [5.74, 6) is 1.07. The van der Waals surface area contributed by atoms with Crippen molar-refractivity contribution in [1.29, 1.82) is 0 Å². The van der Waals surface area contributed by atoms with Gasteiger partial charge in [0.1, 0.15) is 0 Å². The molecule has 0 fully saturated rings. The monoisotopic (exact) mass is 262 g/mol. The number of hydrogen-bond donors (Lipinski definition) is 0. The van der Waals surface area contributed by atoms with E-state index in [0.717, 1.165) is 12.8 Å². The number of allylic oxidation sites excluding steroid dienone is 8. The maximum absolute atomic E-state index is 2.41. The molecule has 102 valence electrons. The Morgan fingerprint density at radius 1 is 0.800 bits per heavy atom. The first-order valence-corrected chi connectivity index (χ1v) is 7.68. The standard InChI is InChI=1S/C20H22/c1-3-15-5-8-17(9-6-15)19-12-11-18-13-16(4-2)7-10-20(18)14-19/h5-14,18,20H,3-4H2,1-2H3. The van der Waals surface area contributed by atoms with E-state index < -0.39 is 0 Å². The van der Waals surface area contributed by atoms with E-state index in [9.17, 15) is 0 Å². The lowest BCUT2D eigenvalue weighted by Crippen LogP contribution is -2.13. The SMILES string of the molecule is CCC1=CC2C=CC(c3ccc(CC)cc3)=CC2C=C1. The number of fused-ring (bicyclic) bond motifs is 1. The normalized spacial score (nSPS) is 24.1. The summed E-state index contributed by atoms with van der Waals surface area (Å²) < 4.78 is 0. The van der Waals surface area contributed by atoms with Crippen molar-refractivity contribution < 1.29 is 0 Å². The van der Waals surface area contributed by atoms with Crippen LogP contribution >= 0.6 is 0 Å². The molecule has 1 aromatic carbocycles. The fraction of sp³-hybridized carbons (Fsp3) is 0.300. The molecular weight excluding hydrogens is 240 g/mol. The third-order valence-electron chi connectivity index (χ3n) is 4.36. The van der Waals surface area contributed by atoms with Gasteiger partial charge in [0.2, 0.25) is 0 Å². The highest BCUT2D eigenvalue weighted by Gasteiger charge is 2.20. The van der Waals surface area contributed by atoms with Gasteiger partial charge in [-0.2, -0.15) is 0 Å². The van der Waals surface area contributed by atoms with Crippen LogP contribution in [0.2, 0.25) is 0 Å². The molecule has 20 heavy (non-hydrogen) atoms. The van der Waals surface area contributed by atoms with Crippen LogP contribution in [-0.4, -0.2) is 0 Å². The van der Waals surface area contributed by atoms with Crippen molar-refractivity contribution in [3.8, 4) is 0 Å². The summed E-state index contributed by atoms with van der Waals surface area (Å²) in [5.41, 5.74) is 5.54. The third kappa shape index (κ3) is 2.56. The van der Waals surface area contributed by atoms with Crippen molar-refractivity contribution in [2.45, 2.75) is 26.7 Å². The van der Waals surface area contributed by atoms with E-state index in [4.69, 9.17) is 0 Å². The van der Waals surface area contributed by atoms with E-state index in [1.54, 1.807) is 0 Å². The van der Waals surface area contributed by atoms with Gasteiger partial charge in [-0.05, 0) is 29.5 Å². The lowest BCUT2D eigenvalue weighted by atomic mass is 9.79. The highest BCUT2D eigenvalue weighted by molar-refractivity contribution is 5.76. The number of benzene rings is 1. The molecule has 1 aromatic rings. The predicted molar refractivity (Wildman–Crippen MR) is 87.4 cm³/mol. The summed E-state index contributed by atoms with van der Waals surface area (Å²) in [6.45, 7) is 4.42. The predicted octanol–water partition coefficient (Wildman–Crippen LogP) is 5.34. The maximum atomic E-state index is 2.41. The van der Waals surface area contributed by atoms with Gasteiger partial charge in [0, 0.05) is 11.8 Å². The zero-order valence-corrected chi connectivity index (χ0v) is 12.3. The molecule has 0 nitrogen and oxygen atoms in total. The quantitative estimate of drug-likeness (QED) is 0.689.